The quantitative estimate of drug-likeness (QED) is 0.101. The van der Waals surface area contributed by atoms with Gasteiger partial charge in [0.05, 0.1) is 48.4 Å². The van der Waals surface area contributed by atoms with Crippen molar-refractivity contribution in [3.63, 3.8) is 0 Å². The second-order valence-electron chi connectivity index (χ2n) is 9.86. The molecule has 4 rings (SSSR count). The van der Waals surface area contributed by atoms with E-state index in [4.69, 9.17) is 84.9 Å². The van der Waals surface area contributed by atoms with Gasteiger partial charge in [-0.25, -0.2) is 9.78 Å². The van der Waals surface area contributed by atoms with E-state index in [9.17, 15) is 4.79 Å². The number of hydrogen-bond acceptors (Lipinski definition) is 12. The van der Waals surface area contributed by atoms with Crippen molar-refractivity contribution in [3.05, 3.63) is 107 Å². The Bertz CT molecular complexity index is 1340. The average Bonchev–Trinajstić information content (AvgIpc) is 3.63. The number of aliphatic hydroxyl groups excluding tert-OH is 4. The Hall–Kier alpha value is -3.24. The molecule has 9 N–H and O–H groups in total. The van der Waals surface area contributed by atoms with E-state index in [0.717, 1.165) is 6.42 Å². The Labute approximate surface area is 306 Å². The van der Waals surface area contributed by atoms with E-state index in [1.807, 2.05) is 19.1 Å². The van der Waals surface area contributed by atoms with Gasteiger partial charge in [0.25, 0.3) is 0 Å². The summed E-state index contributed by atoms with van der Waals surface area (Å²) in [5.41, 5.74) is -1.11. The number of phenols is 2. The van der Waals surface area contributed by atoms with Crippen LogP contribution in [0.15, 0.2) is 91.5 Å². The van der Waals surface area contributed by atoms with E-state index < -0.39 is 40.4 Å². The number of benzene rings is 3. The van der Waals surface area contributed by atoms with Crippen LogP contribution in [0, 0.1) is 5.41 Å². The summed E-state index contributed by atoms with van der Waals surface area (Å²) >= 11 is 18.0. The van der Waals surface area contributed by atoms with Crippen LogP contribution in [0.5, 0.6) is 17.2 Å². The molecule has 1 aromatic heterocycles. The standard InChI is InChI=1S/C15H16Cl3N3O2.2C6H6O.C5H12O4.H3O3P/c1-2-4-20(15(22)21-5-3-19-10-21)6-7-23-14-12(17)8-11(16)9-13(14)18;2*7-6-4-2-1-3-5-6;6-1-5(2-7,3-8)4-9;1-4(2)3/h3,5,8-10H,2,4,6-7H2,1H3;2*1-5,7H;6-9H,1-4H2;1-3H. The molecule has 0 saturated carbocycles. The molecule has 14 nitrogen and oxygen atoms in total. The van der Waals surface area contributed by atoms with Crippen LogP contribution in [0.2, 0.25) is 15.1 Å². The molecule has 0 aliphatic rings. The van der Waals surface area contributed by atoms with Gasteiger partial charge in [-0.05, 0) is 42.8 Å². The monoisotopic (exact) mass is 781 g/mol. The lowest BCUT2D eigenvalue weighted by Gasteiger charge is -2.23. The summed E-state index contributed by atoms with van der Waals surface area (Å²) in [4.78, 5) is 39.6. The minimum absolute atomic E-state index is 0.152. The molecule has 4 aromatic rings. The summed E-state index contributed by atoms with van der Waals surface area (Å²) in [6.45, 7) is 1.66. The van der Waals surface area contributed by atoms with Crippen molar-refractivity contribution in [2.24, 2.45) is 5.41 Å². The van der Waals surface area contributed by atoms with Gasteiger partial charge in [0.15, 0.2) is 5.75 Å². The first-order chi connectivity index (χ1) is 23.8. The zero-order valence-corrected chi connectivity index (χ0v) is 30.2. The fourth-order valence-corrected chi connectivity index (χ4v) is 4.12. The molecule has 50 heavy (non-hydrogen) atoms. The van der Waals surface area contributed by atoms with Crippen molar-refractivity contribution in [1.29, 1.82) is 0 Å². The van der Waals surface area contributed by atoms with Gasteiger partial charge in [-0.2, -0.15) is 0 Å². The largest absolute Gasteiger partial charge is 0.508 e. The lowest BCUT2D eigenvalue weighted by molar-refractivity contribution is -0.0328. The first-order valence-electron chi connectivity index (χ1n) is 14.6. The number of para-hydroxylation sites is 2. The first-order valence-corrected chi connectivity index (χ1v) is 17.0. The highest BCUT2D eigenvalue weighted by atomic mass is 35.5. The molecule has 0 spiro atoms. The van der Waals surface area contributed by atoms with Crippen molar-refractivity contribution in [2.45, 2.75) is 13.3 Å². The molecule has 1 heterocycles. The van der Waals surface area contributed by atoms with Gasteiger partial charge in [-0.3, -0.25) is 4.57 Å². The van der Waals surface area contributed by atoms with Gasteiger partial charge < -0.3 is 55.0 Å². The van der Waals surface area contributed by atoms with E-state index in [0.29, 0.717) is 45.4 Å². The number of hydrogen-bond donors (Lipinski definition) is 9. The molecule has 0 saturated heterocycles. The normalized spacial score (nSPS) is 10.2. The summed E-state index contributed by atoms with van der Waals surface area (Å²) in [5, 5.41) is 52.4. The van der Waals surface area contributed by atoms with Crippen LogP contribution in [-0.4, -0.2) is 112 Å². The lowest BCUT2D eigenvalue weighted by atomic mass is 9.93. The molecule has 3 aromatic carbocycles. The SMILES string of the molecule is CCCN(CCOc1c(Cl)cc(Cl)cc1Cl)C(=O)n1ccnc1.OCC(CO)(CO)CO.OP(O)O.Oc1ccccc1.Oc1ccccc1. The Morgan fingerprint density at radius 1 is 0.820 bits per heavy atom. The Morgan fingerprint density at radius 2 is 1.26 bits per heavy atom. The van der Waals surface area contributed by atoms with Gasteiger partial charge in [0.1, 0.15) is 24.4 Å². The van der Waals surface area contributed by atoms with Crippen molar-refractivity contribution >= 4 is 49.4 Å². The molecule has 0 bridgehead atoms. The highest BCUT2D eigenvalue weighted by Gasteiger charge is 2.26. The molecule has 278 valence electrons. The van der Waals surface area contributed by atoms with Gasteiger partial charge in [-0.15, -0.1) is 0 Å². The predicted molar refractivity (Wildman–Crippen MR) is 192 cm³/mol. The molecule has 0 fully saturated rings. The van der Waals surface area contributed by atoms with Crippen molar-refractivity contribution < 1.29 is 54.9 Å². The number of rotatable bonds is 10. The van der Waals surface area contributed by atoms with E-state index in [-0.39, 0.29) is 12.6 Å². The van der Waals surface area contributed by atoms with Crippen LogP contribution in [0.4, 0.5) is 4.79 Å². The Kier molecular flexibility index (Phi) is 25.7. The molecule has 0 radical (unpaired) electrons. The number of nitrogens with zero attached hydrogens (tertiary/aromatic N) is 3. The molecular formula is C32H43Cl3N3O11P. The second kappa shape index (κ2) is 27.5. The highest BCUT2D eigenvalue weighted by molar-refractivity contribution is 7.38. The minimum Gasteiger partial charge on any atom is -0.508 e. The molecule has 18 heteroatoms. The smallest absolute Gasteiger partial charge is 0.329 e. The third kappa shape index (κ3) is 20.4. The Balaban J connectivity index is 0.000000723. The Morgan fingerprint density at radius 3 is 1.56 bits per heavy atom. The van der Waals surface area contributed by atoms with Crippen LogP contribution in [0.3, 0.4) is 0 Å². The third-order valence-corrected chi connectivity index (χ3v) is 6.69. The van der Waals surface area contributed by atoms with Crippen LogP contribution < -0.4 is 4.74 Å². The molecule has 0 atom stereocenters. The summed E-state index contributed by atoms with van der Waals surface area (Å²) in [7, 11) is -2.62. The third-order valence-electron chi connectivity index (χ3n) is 5.91. The number of carbonyl (C=O) groups excluding carboxylic acids is 1. The van der Waals surface area contributed by atoms with Crippen LogP contribution in [-0.2, 0) is 0 Å². The fraction of sp³-hybridized carbons (Fsp3) is 0.312. The number of amides is 1. The summed E-state index contributed by atoms with van der Waals surface area (Å²) < 4.78 is 7.05. The molecule has 0 aliphatic carbocycles. The van der Waals surface area contributed by atoms with Crippen LogP contribution in [0.25, 0.3) is 0 Å². The highest BCUT2D eigenvalue weighted by Crippen LogP contribution is 2.35. The fourth-order valence-electron chi connectivity index (χ4n) is 3.19. The topological polar surface area (TPSA) is 229 Å². The van der Waals surface area contributed by atoms with E-state index in [2.05, 4.69) is 4.98 Å². The average molecular weight is 783 g/mol. The number of aromatic hydroxyl groups is 2. The minimum atomic E-state index is -2.62. The summed E-state index contributed by atoms with van der Waals surface area (Å²) in [5.74, 6) is 1.01. The van der Waals surface area contributed by atoms with Crippen LogP contribution in [0.1, 0.15) is 13.3 Å². The zero-order chi connectivity index (χ0) is 38.0. The van der Waals surface area contributed by atoms with Crippen molar-refractivity contribution in [3.8, 4) is 17.2 Å². The maximum atomic E-state index is 12.3. The van der Waals surface area contributed by atoms with E-state index in [1.54, 1.807) is 78.0 Å². The number of imidazole rings is 1. The number of carbonyl (C=O) groups is 1. The first kappa shape index (κ1) is 46.8. The zero-order valence-electron chi connectivity index (χ0n) is 27.1. The number of aliphatic hydroxyl groups is 4. The molecular weight excluding hydrogens is 740 g/mol. The van der Waals surface area contributed by atoms with Crippen molar-refractivity contribution in [1.82, 2.24) is 14.5 Å². The summed E-state index contributed by atoms with van der Waals surface area (Å²) in [6.07, 6.45) is 5.48. The maximum Gasteiger partial charge on any atom is 0.329 e. The second-order valence-corrected chi connectivity index (χ2v) is 11.6. The maximum absolute atomic E-state index is 12.3. The number of ether oxygens (including phenoxy) is 1. The lowest BCUT2D eigenvalue weighted by Crippen LogP contribution is -2.37. The van der Waals surface area contributed by atoms with Gasteiger partial charge in [0, 0.05) is 24.0 Å². The molecule has 0 unspecified atom stereocenters. The molecule has 0 aliphatic heterocycles. The predicted octanol–water partition coefficient (Wildman–Crippen LogP) is 4.52. The number of aromatic nitrogens is 2. The van der Waals surface area contributed by atoms with E-state index >= 15 is 0 Å². The van der Waals surface area contributed by atoms with Gasteiger partial charge in [0.2, 0.25) is 0 Å². The van der Waals surface area contributed by atoms with Gasteiger partial charge >= 0.3 is 14.6 Å². The van der Waals surface area contributed by atoms with Crippen molar-refractivity contribution in [2.75, 3.05) is 46.1 Å². The number of halogens is 3. The molecule has 1 amide bonds. The van der Waals surface area contributed by atoms with E-state index in [1.165, 1.54) is 10.9 Å². The van der Waals surface area contributed by atoms with Crippen LogP contribution >= 0.6 is 43.4 Å². The summed E-state index contributed by atoms with van der Waals surface area (Å²) in [6, 6.07) is 20.4. The van der Waals surface area contributed by atoms with Gasteiger partial charge in [-0.1, -0.05) is 78.1 Å². The number of phenolic OH excluding ortho intramolecular Hbond substituents is 2.